The van der Waals surface area contributed by atoms with Crippen molar-refractivity contribution in [3.63, 3.8) is 0 Å². The molecule has 0 bridgehead atoms. The highest BCUT2D eigenvalue weighted by molar-refractivity contribution is 5.94. The Morgan fingerprint density at radius 2 is 2.12 bits per heavy atom. The zero-order valence-electron chi connectivity index (χ0n) is 14.7. The van der Waals surface area contributed by atoms with Crippen molar-refractivity contribution in [3.05, 3.63) is 11.6 Å². The number of likely N-dealkylation sites (tertiary alicyclic amines) is 2. The molecule has 0 aromatic carbocycles. The maximum atomic E-state index is 14.4. The summed E-state index contributed by atoms with van der Waals surface area (Å²) in [7, 11) is 1.55. The standard InChI is InChI=1S/C18H26F2N2O3/c1-25-10-9-21-8-7-17(16(21)24)11-18(19,20)13-22(12-17)15(23)14-5-3-2-4-6-14/h5H,2-4,6-13H2,1H3/t17-/m0/s1. The van der Waals surface area contributed by atoms with Crippen molar-refractivity contribution in [2.45, 2.75) is 44.4 Å². The lowest BCUT2D eigenvalue weighted by atomic mass is 9.76. The van der Waals surface area contributed by atoms with Crippen LogP contribution in [-0.2, 0) is 14.3 Å². The molecular weight excluding hydrogens is 330 g/mol. The van der Waals surface area contributed by atoms with Crippen molar-refractivity contribution < 1.29 is 23.1 Å². The number of piperidine rings is 1. The first kappa shape index (κ1) is 18.3. The number of alkyl halides is 2. The Morgan fingerprint density at radius 3 is 2.80 bits per heavy atom. The zero-order chi connectivity index (χ0) is 18.1. The molecule has 0 saturated carbocycles. The minimum absolute atomic E-state index is 0.0983. The van der Waals surface area contributed by atoms with Crippen molar-refractivity contribution in [3.8, 4) is 0 Å². The van der Waals surface area contributed by atoms with E-state index in [1.807, 2.05) is 6.08 Å². The molecule has 3 aliphatic rings. The van der Waals surface area contributed by atoms with E-state index in [-0.39, 0.29) is 18.4 Å². The highest BCUT2D eigenvalue weighted by Gasteiger charge is 2.57. The Balaban J connectivity index is 1.78. The van der Waals surface area contributed by atoms with E-state index in [0.29, 0.717) is 38.1 Å². The molecule has 0 aromatic rings. The summed E-state index contributed by atoms with van der Waals surface area (Å²) < 4.78 is 33.8. The molecule has 2 aliphatic heterocycles. The van der Waals surface area contributed by atoms with Crippen molar-refractivity contribution in [2.24, 2.45) is 5.41 Å². The van der Waals surface area contributed by atoms with Gasteiger partial charge in [-0.2, -0.15) is 0 Å². The molecule has 2 saturated heterocycles. The Hall–Kier alpha value is -1.50. The second-order valence-electron chi connectivity index (χ2n) is 7.48. The lowest BCUT2D eigenvalue weighted by molar-refractivity contribution is -0.161. The molecule has 0 N–H and O–H groups in total. The fraction of sp³-hybridized carbons (Fsp3) is 0.778. The first-order valence-corrected chi connectivity index (χ1v) is 9.01. The zero-order valence-corrected chi connectivity index (χ0v) is 14.7. The van der Waals surface area contributed by atoms with Gasteiger partial charge in [0.05, 0.1) is 18.6 Å². The molecule has 7 heteroatoms. The predicted molar refractivity (Wildman–Crippen MR) is 88.2 cm³/mol. The van der Waals surface area contributed by atoms with E-state index in [9.17, 15) is 18.4 Å². The number of halogens is 2. The van der Waals surface area contributed by atoms with Gasteiger partial charge < -0.3 is 14.5 Å². The lowest BCUT2D eigenvalue weighted by Gasteiger charge is -2.43. The molecule has 0 radical (unpaired) electrons. The second-order valence-corrected chi connectivity index (χ2v) is 7.48. The van der Waals surface area contributed by atoms with Gasteiger partial charge in [0.15, 0.2) is 0 Å². The maximum Gasteiger partial charge on any atom is 0.266 e. The van der Waals surface area contributed by atoms with Crippen LogP contribution in [0.4, 0.5) is 8.78 Å². The lowest BCUT2D eigenvalue weighted by Crippen LogP contribution is -2.57. The van der Waals surface area contributed by atoms with Gasteiger partial charge in [0.2, 0.25) is 11.8 Å². The Labute approximate surface area is 147 Å². The van der Waals surface area contributed by atoms with E-state index in [0.717, 1.165) is 19.3 Å². The Bertz CT molecular complexity index is 579. The van der Waals surface area contributed by atoms with Crippen LogP contribution in [0.2, 0.25) is 0 Å². The molecule has 140 valence electrons. The number of hydrogen-bond acceptors (Lipinski definition) is 3. The summed E-state index contributed by atoms with van der Waals surface area (Å²) in [5.74, 6) is -3.61. The van der Waals surface area contributed by atoms with Crippen molar-refractivity contribution >= 4 is 11.8 Å². The highest BCUT2D eigenvalue weighted by Crippen LogP contribution is 2.46. The highest BCUT2D eigenvalue weighted by atomic mass is 19.3. The fourth-order valence-electron chi connectivity index (χ4n) is 4.30. The molecule has 0 unspecified atom stereocenters. The monoisotopic (exact) mass is 356 g/mol. The maximum absolute atomic E-state index is 14.4. The van der Waals surface area contributed by atoms with Crippen LogP contribution < -0.4 is 0 Å². The van der Waals surface area contributed by atoms with Crippen LogP contribution in [0.3, 0.4) is 0 Å². The van der Waals surface area contributed by atoms with Crippen LogP contribution in [-0.4, -0.2) is 67.4 Å². The van der Waals surface area contributed by atoms with Gasteiger partial charge in [-0.05, 0) is 32.1 Å². The van der Waals surface area contributed by atoms with E-state index >= 15 is 0 Å². The van der Waals surface area contributed by atoms with Gasteiger partial charge in [0, 0.05) is 38.7 Å². The molecule has 2 heterocycles. The number of carbonyl (C=O) groups excluding carboxylic acids is 2. The molecule has 5 nitrogen and oxygen atoms in total. The van der Waals surface area contributed by atoms with E-state index in [1.54, 1.807) is 12.0 Å². The van der Waals surface area contributed by atoms with Gasteiger partial charge in [-0.25, -0.2) is 8.78 Å². The summed E-state index contributed by atoms with van der Waals surface area (Å²) in [6.45, 7) is 0.746. The number of carbonyl (C=O) groups is 2. The summed E-state index contributed by atoms with van der Waals surface area (Å²) >= 11 is 0. The van der Waals surface area contributed by atoms with Gasteiger partial charge in [0.25, 0.3) is 5.92 Å². The van der Waals surface area contributed by atoms with E-state index in [4.69, 9.17) is 4.74 Å². The third kappa shape index (κ3) is 3.71. The average Bonchev–Trinajstić information content (AvgIpc) is 2.87. The van der Waals surface area contributed by atoms with E-state index in [2.05, 4.69) is 0 Å². The molecule has 1 aliphatic carbocycles. The van der Waals surface area contributed by atoms with Gasteiger partial charge in [-0.15, -0.1) is 0 Å². The summed E-state index contributed by atoms with van der Waals surface area (Å²) in [4.78, 5) is 28.3. The smallest absolute Gasteiger partial charge is 0.266 e. The number of ether oxygens (including phenoxy) is 1. The van der Waals surface area contributed by atoms with Crippen molar-refractivity contribution in [1.29, 1.82) is 0 Å². The summed E-state index contributed by atoms with van der Waals surface area (Å²) in [6, 6.07) is 0. The first-order valence-electron chi connectivity index (χ1n) is 9.01. The van der Waals surface area contributed by atoms with Crippen LogP contribution in [0, 0.1) is 5.41 Å². The minimum Gasteiger partial charge on any atom is -0.383 e. The number of rotatable bonds is 4. The number of nitrogens with zero attached hydrogens (tertiary/aromatic N) is 2. The molecule has 2 amide bonds. The van der Waals surface area contributed by atoms with E-state index < -0.39 is 24.3 Å². The molecule has 1 spiro atoms. The van der Waals surface area contributed by atoms with Crippen LogP contribution >= 0.6 is 0 Å². The minimum atomic E-state index is -3.03. The Morgan fingerprint density at radius 1 is 1.32 bits per heavy atom. The second kappa shape index (κ2) is 7.02. The largest absolute Gasteiger partial charge is 0.383 e. The normalized spacial score (nSPS) is 29.2. The fourth-order valence-corrected chi connectivity index (χ4v) is 4.30. The summed E-state index contributed by atoms with van der Waals surface area (Å²) in [5, 5.41) is 0. The number of hydrogen-bond donors (Lipinski definition) is 0. The van der Waals surface area contributed by atoms with E-state index in [1.165, 1.54) is 4.90 Å². The third-order valence-corrected chi connectivity index (χ3v) is 5.53. The average molecular weight is 356 g/mol. The molecule has 25 heavy (non-hydrogen) atoms. The molecule has 1 atom stereocenters. The van der Waals surface area contributed by atoms with Crippen LogP contribution in [0.15, 0.2) is 11.6 Å². The summed E-state index contributed by atoms with van der Waals surface area (Å²) in [6.07, 6.45) is 5.17. The van der Waals surface area contributed by atoms with Gasteiger partial charge in [-0.1, -0.05) is 6.08 Å². The predicted octanol–water partition coefficient (Wildman–Crippen LogP) is 2.22. The van der Waals surface area contributed by atoms with Crippen LogP contribution in [0.1, 0.15) is 38.5 Å². The van der Waals surface area contributed by atoms with Gasteiger partial charge in [0.1, 0.15) is 0 Å². The third-order valence-electron chi connectivity index (χ3n) is 5.53. The Kier molecular flexibility index (Phi) is 5.14. The molecular formula is C18H26F2N2O3. The number of amides is 2. The molecule has 0 aromatic heterocycles. The molecule has 2 fully saturated rings. The SMILES string of the molecule is COCCN1CC[C@]2(CN(C(=O)C3=CCCCC3)CC(F)(F)C2)C1=O. The van der Waals surface area contributed by atoms with Crippen LogP contribution in [0.25, 0.3) is 0 Å². The van der Waals surface area contributed by atoms with Gasteiger partial charge in [-0.3, -0.25) is 9.59 Å². The number of allylic oxidation sites excluding steroid dienone is 1. The first-order chi connectivity index (χ1) is 11.9. The molecule has 3 rings (SSSR count). The van der Waals surface area contributed by atoms with Crippen molar-refractivity contribution in [1.82, 2.24) is 9.80 Å². The topological polar surface area (TPSA) is 49.9 Å². The van der Waals surface area contributed by atoms with Crippen molar-refractivity contribution in [2.75, 3.05) is 39.9 Å². The number of methoxy groups -OCH3 is 1. The summed E-state index contributed by atoms with van der Waals surface area (Å²) in [5.41, 5.74) is -0.527. The van der Waals surface area contributed by atoms with Crippen LogP contribution in [0.5, 0.6) is 0 Å². The van der Waals surface area contributed by atoms with Gasteiger partial charge >= 0.3 is 0 Å². The quantitative estimate of drug-likeness (QED) is 0.776.